The van der Waals surface area contributed by atoms with E-state index in [1.165, 1.54) is 11.0 Å². The first-order valence-corrected chi connectivity index (χ1v) is 8.07. The Morgan fingerprint density at radius 1 is 1.33 bits per heavy atom. The van der Waals surface area contributed by atoms with Crippen LogP contribution in [-0.4, -0.2) is 49.5 Å². The molecule has 1 fully saturated rings. The highest BCUT2D eigenvalue weighted by molar-refractivity contribution is 5.93. The third kappa shape index (κ3) is 3.58. The molecule has 2 aromatic rings. The summed E-state index contributed by atoms with van der Waals surface area (Å²) in [5, 5.41) is 14.0. The van der Waals surface area contributed by atoms with Gasteiger partial charge in [0.15, 0.2) is 0 Å². The minimum Gasteiger partial charge on any atom is -0.339 e. The largest absolute Gasteiger partial charge is 0.339 e. The molecule has 2 heterocycles. The van der Waals surface area contributed by atoms with Gasteiger partial charge in [0.2, 0.25) is 11.8 Å². The standard InChI is InChI=1S/C16H20N6O2/c1-12(21-9-5-4-8-16(21)24)10-15(23)18-13-6-2-3-7-14(13)22-11-17-19-20-22/h2-3,6-7,11-12H,4-5,8-10H2,1H3,(H,18,23). The van der Waals surface area contributed by atoms with Crippen molar-refractivity contribution in [3.63, 3.8) is 0 Å². The van der Waals surface area contributed by atoms with Crippen LogP contribution >= 0.6 is 0 Å². The average molecular weight is 328 g/mol. The Bertz CT molecular complexity index is 715. The second-order valence-electron chi connectivity index (χ2n) is 5.92. The van der Waals surface area contributed by atoms with Gasteiger partial charge in [-0.3, -0.25) is 9.59 Å². The van der Waals surface area contributed by atoms with E-state index in [0.29, 0.717) is 17.8 Å². The van der Waals surface area contributed by atoms with Gasteiger partial charge in [-0.15, -0.1) is 5.10 Å². The van der Waals surface area contributed by atoms with E-state index in [9.17, 15) is 9.59 Å². The molecule has 1 saturated heterocycles. The predicted molar refractivity (Wildman–Crippen MR) is 87.4 cm³/mol. The maximum Gasteiger partial charge on any atom is 0.226 e. The Morgan fingerprint density at radius 2 is 2.17 bits per heavy atom. The maximum atomic E-state index is 12.4. The molecule has 1 N–H and O–H groups in total. The first-order chi connectivity index (χ1) is 11.6. The minimum atomic E-state index is -0.138. The molecule has 3 rings (SSSR count). The van der Waals surface area contributed by atoms with Gasteiger partial charge in [0.25, 0.3) is 0 Å². The molecular weight excluding hydrogens is 308 g/mol. The van der Waals surface area contributed by atoms with E-state index in [0.717, 1.165) is 19.4 Å². The molecule has 1 aromatic heterocycles. The summed E-state index contributed by atoms with van der Waals surface area (Å²) in [4.78, 5) is 26.1. The molecule has 126 valence electrons. The van der Waals surface area contributed by atoms with Crippen LogP contribution in [0.5, 0.6) is 0 Å². The third-order valence-electron chi connectivity index (χ3n) is 4.15. The van der Waals surface area contributed by atoms with Gasteiger partial charge in [-0.1, -0.05) is 12.1 Å². The number of tetrazole rings is 1. The number of rotatable bonds is 5. The quantitative estimate of drug-likeness (QED) is 0.895. The van der Waals surface area contributed by atoms with Crippen molar-refractivity contribution in [2.75, 3.05) is 11.9 Å². The van der Waals surface area contributed by atoms with E-state index in [2.05, 4.69) is 20.8 Å². The lowest BCUT2D eigenvalue weighted by atomic mass is 10.1. The van der Waals surface area contributed by atoms with E-state index < -0.39 is 0 Å². The molecule has 1 aliphatic heterocycles. The summed E-state index contributed by atoms with van der Waals surface area (Å²) in [7, 11) is 0. The number of carbonyl (C=O) groups excluding carboxylic acids is 2. The van der Waals surface area contributed by atoms with Gasteiger partial charge in [0.05, 0.1) is 11.4 Å². The van der Waals surface area contributed by atoms with Crippen molar-refractivity contribution in [2.24, 2.45) is 0 Å². The van der Waals surface area contributed by atoms with Gasteiger partial charge in [0, 0.05) is 25.4 Å². The number of benzene rings is 1. The lowest BCUT2D eigenvalue weighted by molar-refractivity contribution is -0.136. The molecule has 1 atom stereocenters. The summed E-state index contributed by atoms with van der Waals surface area (Å²) in [5.74, 6) is -0.00274. The lowest BCUT2D eigenvalue weighted by Gasteiger charge is -2.32. The van der Waals surface area contributed by atoms with Crippen molar-refractivity contribution in [2.45, 2.75) is 38.6 Å². The van der Waals surface area contributed by atoms with E-state index in [1.807, 2.05) is 25.1 Å². The Morgan fingerprint density at radius 3 is 2.92 bits per heavy atom. The van der Waals surface area contributed by atoms with Crippen LogP contribution < -0.4 is 5.32 Å². The van der Waals surface area contributed by atoms with Crippen LogP contribution in [0.25, 0.3) is 5.69 Å². The number of nitrogens with one attached hydrogen (secondary N) is 1. The zero-order chi connectivity index (χ0) is 16.9. The normalized spacial score (nSPS) is 16.0. The lowest BCUT2D eigenvalue weighted by Crippen LogP contribution is -2.43. The number of likely N-dealkylation sites (tertiary alicyclic amines) is 1. The molecular formula is C16H20N6O2. The van der Waals surface area contributed by atoms with Crippen molar-refractivity contribution >= 4 is 17.5 Å². The highest BCUT2D eigenvalue weighted by Crippen LogP contribution is 2.20. The summed E-state index contributed by atoms with van der Waals surface area (Å²) in [6.45, 7) is 2.64. The van der Waals surface area contributed by atoms with Gasteiger partial charge in [-0.05, 0) is 42.3 Å². The van der Waals surface area contributed by atoms with Crippen molar-refractivity contribution < 1.29 is 9.59 Å². The minimum absolute atomic E-state index is 0.113. The van der Waals surface area contributed by atoms with Gasteiger partial charge in [-0.25, -0.2) is 0 Å². The summed E-state index contributed by atoms with van der Waals surface area (Å²) in [5.41, 5.74) is 1.32. The van der Waals surface area contributed by atoms with Crippen molar-refractivity contribution in [3.8, 4) is 5.69 Å². The number of anilines is 1. The number of piperidine rings is 1. The highest BCUT2D eigenvalue weighted by Gasteiger charge is 2.24. The summed E-state index contributed by atoms with van der Waals surface area (Å²) in [6, 6.07) is 7.19. The zero-order valence-corrected chi connectivity index (χ0v) is 13.6. The Kier molecular flexibility index (Phi) is 4.83. The van der Waals surface area contributed by atoms with E-state index in [1.54, 1.807) is 11.0 Å². The highest BCUT2D eigenvalue weighted by atomic mass is 16.2. The molecule has 1 unspecified atom stereocenters. The van der Waals surface area contributed by atoms with Crippen LogP contribution in [-0.2, 0) is 9.59 Å². The van der Waals surface area contributed by atoms with Crippen molar-refractivity contribution in [1.29, 1.82) is 0 Å². The average Bonchev–Trinajstić information content (AvgIpc) is 3.10. The number of amides is 2. The third-order valence-corrected chi connectivity index (χ3v) is 4.15. The first kappa shape index (κ1) is 16.1. The fourth-order valence-electron chi connectivity index (χ4n) is 2.92. The second kappa shape index (κ2) is 7.20. The molecule has 8 nitrogen and oxygen atoms in total. The van der Waals surface area contributed by atoms with Crippen LogP contribution in [0.1, 0.15) is 32.6 Å². The van der Waals surface area contributed by atoms with Crippen molar-refractivity contribution in [1.82, 2.24) is 25.1 Å². The van der Waals surface area contributed by atoms with E-state index in [-0.39, 0.29) is 24.3 Å². The molecule has 0 radical (unpaired) electrons. The number of para-hydroxylation sites is 2. The van der Waals surface area contributed by atoms with Crippen LogP contribution in [0.2, 0.25) is 0 Å². The fraction of sp³-hybridized carbons (Fsp3) is 0.438. The molecule has 24 heavy (non-hydrogen) atoms. The monoisotopic (exact) mass is 328 g/mol. The Hall–Kier alpha value is -2.77. The number of hydrogen-bond donors (Lipinski definition) is 1. The zero-order valence-electron chi connectivity index (χ0n) is 13.6. The van der Waals surface area contributed by atoms with Gasteiger partial charge >= 0.3 is 0 Å². The van der Waals surface area contributed by atoms with Gasteiger partial charge < -0.3 is 10.2 Å². The summed E-state index contributed by atoms with van der Waals surface area (Å²) in [6.07, 6.45) is 4.25. The number of nitrogens with zero attached hydrogens (tertiary/aromatic N) is 5. The molecule has 2 amide bonds. The van der Waals surface area contributed by atoms with E-state index in [4.69, 9.17) is 0 Å². The van der Waals surface area contributed by atoms with E-state index >= 15 is 0 Å². The molecule has 0 bridgehead atoms. The topological polar surface area (TPSA) is 93.0 Å². The van der Waals surface area contributed by atoms with Crippen molar-refractivity contribution in [3.05, 3.63) is 30.6 Å². The van der Waals surface area contributed by atoms with Gasteiger partial charge in [0.1, 0.15) is 6.33 Å². The second-order valence-corrected chi connectivity index (χ2v) is 5.92. The van der Waals surface area contributed by atoms with Crippen LogP contribution in [0.15, 0.2) is 30.6 Å². The molecule has 0 spiro atoms. The Labute approximate surface area is 139 Å². The maximum absolute atomic E-state index is 12.4. The van der Waals surface area contributed by atoms with Crippen LogP contribution in [0, 0.1) is 0 Å². The predicted octanol–water partition coefficient (Wildman–Crippen LogP) is 1.39. The molecule has 1 aromatic carbocycles. The number of carbonyl (C=O) groups is 2. The van der Waals surface area contributed by atoms with Gasteiger partial charge in [-0.2, -0.15) is 4.68 Å². The van der Waals surface area contributed by atoms with Crippen LogP contribution in [0.4, 0.5) is 5.69 Å². The SMILES string of the molecule is CC(CC(=O)Nc1ccccc1-n1cnnn1)N1CCCCC1=O. The molecule has 8 heteroatoms. The van der Waals surface area contributed by atoms with Crippen LogP contribution in [0.3, 0.4) is 0 Å². The first-order valence-electron chi connectivity index (χ1n) is 8.07. The number of aromatic nitrogens is 4. The smallest absolute Gasteiger partial charge is 0.226 e. The molecule has 1 aliphatic rings. The molecule has 0 aliphatic carbocycles. The number of hydrogen-bond acceptors (Lipinski definition) is 5. The molecule has 0 saturated carbocycles. The Balaban J connectivity index is 1.66. The fourth-order valence-corrected chi connectivity index (χ4v) is 2.92. The summed E-state index contributed by atoms with van der Waals surface area (Å²) < 4.78 is 1.49. The summed E-state index contributed by atoms with van der Waals surface area (Å²) >= 11 is 0.